The van der Waals surface area contributed by atoms with Crippen molar-refractivity contribution in [3.8, 4) is 5.75 Å². The van der Waals surface area contributed by atoms with Crippen LogP contribution in [0.15, 0.2) is 65.9 Å². The first-order chi connectivity index (χ1) is 17.4. The third-order valence-corrected chi connectivity index (χ3v) is 6.25. The molecule has 0 aromatic heterocycles. The molecule has 0 radical (unpaired) electrons. The van der Waals surface area contributed by atoms with Crippen molar-refractivity contribution >= 4 is 17.8 Å². The van der Waals surface area contributed by atoms with E-state index in [1.54, 1.807) is 13.8 Å². The third-order valence-electron chi connectivity index (χ3n) is 6.25. The van der Waals surface area contributed by atoms with Crippen LogP contribution in [0.2, 0.25) is 0 Å². The van der Waals surface area contributed by atoms with Crippen molar-refractivity contribution in [2.45, 2.75) is 59.0 Å². The van der Waals surface area contributed by atoms with Gasteiger partial charge in [0.05, 0.1) is 12.2 Å². The molecule has 7 heteroatoms. The number of nitrogens with one attached hydrogen (secondary N) is 1. The van der Waals surface area contributed by atoms with Crippen LogP contribution < -0.4 is 10.1 Å². The van der Waals surface area contributed by atoms with Crippen LogP contribution in [0.25, 0.3) is 0 Å². The van der Waals surface area contributed by atoms with Gasteiger partial charge in [-0.1, -0.05) is 62.2 Å². The fourth-order valence-electron chi connectivity index (χ4n) is 4.30. The number of allylic oxidation sites excluding steroid dienone is 1. The summed E-state index contributed by atoms with van der Waals surface area (Å²) in [5.74, 6) is -0.655. The zero-order valence-electron chi connectivity index (χ0n) is 21.4. The average Bonchev–Trinajstić information content (AvgIpc) is 2.88. The monoisotopic (exact) mass is 492 g/mol. The maximum absolute atomic E-state index is 13.1. The Hall–Kier alpha value is -3.61. The maximum Gasteiger partial charge on any atom is 0.336 e. The summed E-state index contributed by atoms with van der Waals surface area (Å²) in [6.07, 6.45) is 3.07. The highest BCUT2D eigenvalue weighted by Gasteiger charge is 2.37. The van der Waals surface area contributed by atoms with Crippen LogP contribution in [0, 0.1) is 0 Å². The Labute approximate surface area is 213 Å². The molecule has 36 heavy (non-hydrogen) atoms. The van der Waals surface area contributed by atoms with E-state index < -0.39 is 11.9 Å². The summed E-state index contributed by atoms with van der Waals surface area (Å²) >= 11 is 0. The number of hydrogen-bond acceptors (Lipinski definition) is 5. The Morgan fingerprint density at radius 3 is 2.42 bits per heavy atom. The summed E-state index contributed by atoms with van der Waals surface area (Å²) in [5, 5.41) is 2.86. The second kappa shape index (κ2) is 13.5. The molecule has 192 valence electrons. The number of esters is 1. The number of nitrogens with zero attached hydrogens (tertiary/aromatic N) is 1. The average molecular weight is 493 g/mol. The molecule has 0 saturated carbocycles. The fraction of sp³-hybridized carbons (Fsp3) is 0.414. The summed E-state index contributed by atoms with van der Waals surface area (Å²) in [6, 6.07) is 17.3. The minimum absolute atomic E-state index is 0.0822. The Balaban J connectivity index is 1.77. The van der Waals surface area contributed by atoms with Crippen LogP contribution >= 0.6 is 0 Å². The maximum atomic E-state index is 13.1. The summed E-state index contributed by atoms with van der Waals surface area (Å²) in [6.45, 7) is 6.68. The van der Waals surface area contributed by atoms with Crippen molar-refractivity contribution in [3.05, 3.63) is 77.0 Å². The van der Waals surface area contributed by atoms with Gasteiger partial charge in [0.1, 0.15) is 18.9 Å². The molecule has 1 aliphatic rings. The molecule has 0 fully saturated rings. The van der Waals surface area contributed by atoms with Gasteiger partial charge in [0.15, 0.2) is 0 Å². The summed E-state index contributed by atoms with van der Waals surface area (Å²) < 4.78 is 11.2. The smallest absolute Gasteiger partial charge is 0.336 e. The van der Waals surface area contributed by atoms with E-state index in [0.29, 0.717) is 30.2 Å². The summed E-state index contributed by atoms with van der Waals surface area (Å²) in [4.78, 5) is 39.9. The molecule has 1 N–H and O–H groups in total. The lowest BCUT2D eigenvalue weighted by Crippen LogP contribution is -2.44. The Bertz CT molecular complexity index is 1060. The quantitative estimate of drug-likeness (QED) is 0.342. The van der Waals surface area contributed by atoms with Crippen LogP contribution in [-0.2, 0) is 25.7 Å². The normalized spacial score (nSPS) is 15.6. The Morgan fingerprint density at radius 1 is 1.03 bits per heavy atom. The molecule has 1 heterocycles. The van der Waals surface area contributed by atoms with Gasteiger partial charge in [0, 0.05) is 24.6 Å². The first kappa shape index (κ1) is 27.0. The van der Waals surface area contributed by atoms with E-state index in [4.69, 9.17) is 9.47 Å². The zero-order chi connectivity index (χ0) is 25.9. The van der Waals surface area contributed by atoms with E-state index in [9.17, 15) is 14.4 Å². The highest BCUT2D eigenvalue weighted by Crippen LogP contribution is 2.37. The van der Waals surface area contributed by atoms with Crippen molar-refractivity contribution in [2.75, 3.05) is 19.7 Å². The number of unbranched alkanes of at least 4 members (excludes halogenated alkanes) is 2. The fourth-order valence-corrected chi connectivity index (χ4v) is 4.30. The SMILES string of the molecule is CCCCCNC(=O)CN1C(=O)CC(c2ccc(OCc3ccccc3)cc2)C(C(=O)OCC)=C1C. The number of carbonyl (C=O) groups excluding carboxylic acids is 3. The highest BCUT2D eigenvalue weighted by atomic mass is 16.5. The summed E-state index contributed by atoms with van der Waals surface area (Å²) in [5.41, 5.74) is 2.76. The van der Waals surface area contributed by atoms with Gasteiger partial charge < -0.3 is 19.7 Å². The molecular weight excluding hydrogens is 456 g/mol. The Morgan fingerprint density at radius 2 is 1.75 bits per heavy atom. The Kier molecular flexibility index (Phi) is 10.1. The van der Waals surface area contributed by atoms with E-state index in [1.165, 1.54) is 4.90 Å². The molecule has 0 saturated heterocycles. The first-order valence-electron chi connectivity index (χ1n) is 12.7. The van der Waals surface area contributed by atoms with Crippen molar-refractivity contribution in [1.82, 2.24) is 10.2 Å². The van der Waals surface area contributed by atoms with Gasteiger partial charge in [-0.25, -0.2) is 4.79 Å². The molecule has 1 unspecified atom stereocenters. The van der Waals surface area contributed by atoms with Gasteiger partial charge in [-0.3, -0.25) is 9.59 Å². The van der Waals surface area contributed by atoms with Crippen LogP contribution in [0.4, 0.5) is 0 Å². The molecule has 2 amide bonds. The van der Waals surface area contributed by atoms with Gasteiger partial charge in [-0.05, 0) is 43.5 Å². The van der Waals surface area contributed by atoms with Crippen LogP contribution in [0.1, 0.15) is 63.5 Å². The van der Waals surface area contributed by atoms with E-state index in [2.05, 4.69) is 12.2 Å². The first-order valence-corrected chi connectivity index (χ1v) is 12.7. The molecule has 2 aromatic carbocycles. The number of benzene rings is 2. The molecule has 0 spiro atoms. The molecule has 0 aliphatic carbocycles. The van der Waals surface area contributed by atoms with Crippen molar-refractivity contribution in [3.63, 3.8) is 0 Å². The van der Waals surface area contributed by atoms with Crippen LogP contribution in [0.3, 0.4) is 0 Å². The molecule has 0 bridgehead atoms. The van der Waals surface area contributed by atoms with Gasteiger partial charge in [0.2, 0.25) is 11.8 Å². The molecule has 1 atom stereocenters. The number of amides is 2. The topological polar surface area (TPSA) is 84.9 Å². The van der Waals surface area contributed by atoms with Gasteiger partial charge >= 0.3 is 5.97 Å². The van der Waals surface area contributed by atoms with E-state index in [1.807, 2.05) is 54.6 Å². The molecule has 7 nitrogen and oxygen atoms in total. The summed E-state index contributed by atoms with van der Waals surface area (Å²) in [7, 11) is 0. The van der Waals surface area contributed by atoms with E-state index in [-0.39, 0.29) is 31.4 Å². The van der Waals surface area contributed by atoms with Crippen LogP contribution in [-0.4, -0.2) is 42.4 Å². The minimum Gasteiger partial charge on any atom is -0.489 e. The van der Waals surface area contributed by atoms with Gasteiger partial charge in [-0.2, -0.15) is 0 Å². The van der Waals surface area contributed by atoms with E-state index in [0.717, 1.165) is 30.4 Å². The predicted molar refractivity (Wildman–Crippen MR) is 138 cm³/mol. The van der Waals surface area contributed by atoms with Gasteiger partial charge in [-0.15, -0.1) is 0 Å². The van der Waals surface area contributed by atoms with Crippen molar-refractivity contribution < 1.29 is 23.9 Å². The lowest BCUT2D eigenvalue weighted by atomic mass is 9.83. The second-order valence-corrected chi connectivity index (χ2v) is 8.86. The molecule has 3 rings (SSSR count). The predicted octanol–water partition coefficient (Wildman–Crippen LogP) is 4.73. The number of ether oxygens (including phenoxy) is 2. The van der Waals surface area contributed by atoms with Crippen LogP contribution in [0.5, 0.6) is 5.75 Å². The molecular formula is C29H36N2O5. The molecule has 1 aliphatic heterocycles. The lowest BCUT2D eigenvalue weighted by molar-refractivity contribution is -0.141. The largest absolute Gasteiger partial charge is 0.489 e. The highest BCUT2D eigenvalue weighted by molar-refractivity contribution is 5.97. The lowest BCUT2D eigenvalue weighted by Gasteiger charge is -2.34. The third kappa shape index (κ3) is 7.20. The standard InChI is InChI=1S/C29H36N2O5/c1-4-6-10-17-30-26(32)19-31-21(3)28(29(34)35-5-2)25(18-27(31)33)23-13-15-24(16-14-23)36-20-22-11-8-7-9-12-22/h7-9,11-16,25H,4-6,10,17-20H2,1-3H3,(H,30,32). The number of hydrogen-bond donors (Lipinski definition) is 1. The van der Waals surface area contributed by atoms with Crippen molar-refractivity contribution in [2.24, 2.45) is 0 Å². The second-order valence-electron chi connectivity index (χ2n) is 8.86. The minimum atomic E-state index is -0.467. The zero-order valence-corrected chi connectivity index (χ0v) is 21.4. The molecule has 2 aromatic rings. The van der Waals surface area contributed by atoms with Gasteiger partial charge in [0.25, 0.3) is 0 Å². The number of rotatable bonds is 12. The van der Waals surface area contributed by atoms with E-state index >= 15 is 0 Å². The number of carbonyl (C=O) groups is 3. The van der Waals surface area contributed by atoms with Crippen molar-refractivity contribution in [1.29, 1.82) is 0 Å².